The molecule has 0 fully saturated rings. The highest BCUT2D eigenvalue weighted by Crippen LogP contribution is 2.27. The molecule has 0 aromatic carbocycles. The van der Waals surface area contributed by atoms with Crippen molar-refractivity contribution in [1.29, 1.82) is 0 Å². The van der Waals surface area contributed by atoms with E-state index in [2.05, 4.69) is 5.48 Å². The topological polar surface area (TPSA) is 69.6 Å². The summed E-state index contributed by atoms with van der Waals surface area (Å²) in [6, 6.07) is 3.47. The molecule has 24 heavy (non-hydrogen) atoms. The van der Waals surface area contributed by atoms with Gasteiger partial charge in [0.2, 0.25) is 0 Å². The van der Waals surface area contributed by atoms with Crippen LogP contribution >= 0.6 is 11.8 Å². The number of nitrogens with zero attached hydrogens (tertiary/aromatic N) is 1. The Labute approximate surface area is 147 Å². The predicted octanol–water partition coefficient (Wildman–Crippen LogP) is 2.49. The Morgan fingerprint density at radius 2 is 2.21 bits per heavy atom. The van der Waals surface area contributed by atoms with Crippen molar-refractivity contribution in [1.82, 2.24) is 10.0 Å². The molecule has 7 heteroatoms. The molecule has 136 valence electrons. The van der Waals surface area contributed by atoms with Gasteiger partial charge in [-0.05, 0) is 38.2 Å². The van der Waals surface area contributed by atoms with Gasteiger partial charge >= 0.3 is 0 Å². The van der Waals surface area contributed by atoms with E-state index in [0.29, 0.717) is 19.4 Å². The minimum absolute atomic E-state index is 0.0579. The van der Waals surface area contributed by atoms with Gasteiger partial charge in [-0.3, -0.25) is 9.59 Å². The van der Waals surface area contributed by atoms with Crippen molar-refractivity contribution >= 4 is 17.7 Å². The van der Waals surface area contributed by atoms with E-state index in [0.717, 1.165) is 12.0 Å². The van der Waals surface area contributed by atoms with Gasteiger partial charge in [-0.2, -0.15) is 0 Å². The number of nitrogens with one attached hydrogen (secondary N) is 1. The fourth-order valence-corrected chi connectivity index (χ4v) is 2.64. The number of ether oxygens (including phenoxy) is 1. The Balaban J connectivity index is 2.67. The Bertz CT molecular complexity index is 590. The first-order chi connectivity index (χ1) is 11.4. The average molecular weight is 356 g/mol. The van der Waals surface area contributed by atoms with E-state index >= 15 is 0 Å². The van der Waals surface area contributed by atoms with Gasteiger partial charge in [0, 0.05) is 32.3 Å². The van der Waals surface area contributed by atoms with Crippen molar-refractivity contribution in [2.24, 2.45) is 0 Å². The van der Waals surface area contributed by atoms with Crippen molar-refractivity contribution < 1.29 is 14.4 Å². The maximum Gasteiger partial charge on any atom is 0.259 e. The second-order valence-corrected chi connectivity index (χ2v) is 7.23. The van der Waals surface area contributed by atoms with Crippen LogP contribution in [0.3, 0.4) is 0 Å². The number of rotatable bonds is 10. The molecule has 1 N–H and O–H groups in total. The summed E-state index contributed by atoms with van der Waals surface area (Å²) in [7, 11) is 1.55. The largest absolute Gasteiger partial charge is 0.354 e. The van der Waals surface area contributed by atoms with Crippen molar-refractivity contribution in [2.45, 2.75) is 57.6 Å². The monoisotopic (exact) mass is 356 g/mol. The summed E-state index contributed by atoms with van der Waals surface area (Å²) in [6.45, 7) is 6.21. The SMILES string of the molecule is CCCC(OC)ONC(=O)C(C)(CCn1ccc(C)cc1=O)SC. The minimum Gasteiger partial charge on any atom is -0.354 e. The zero-order chi connectivity index (χ0) is 18.2. The number of carbonyl (C=O) groups is 1. The highest BCUT2D eigenvalue weighted by molar-refractivity contribution is 8.00. The van der Waals surface area contributed by atoms with E-state index in [-0.39, 0.29) is 11.5 Å². The van der Waals surface area contributed by atoms with Gasteiger partial charge in [0.05, 0.1) is 4.75 Å². The first-order valence-corrected chi connectivity index (χ1v) is 9.30. The second kappa shape index (κ2) is 9.86. The van der Waals surface area contributed by atoms with Gasteiger partial charge in [0.15, 0.2) is 6.29 Å². The number of methoxy groups -OCH3 is 1. The molecule has 6 nitrogen and oxygen atoms in total. The number of amides is 1. The fourth-order valence-electron chi connectivity index (χ4n) is 2.12. The summed E-state index contributed by atoms with van der Waals surface area (Å²) in [5, 5.41) is 0. The van der Waals surface area contributed by atoms with Crippen LogP contribution in [0.4, 0.5) is 0 Å². The zero-order valence-electron chi connectivity index (χ0n) is 15.1. The van der Waals surface area contributed by atoms with E-state index in [4.69, 9.17) is 9.57 Å². The number of hydrogen-bond acceptors (Lipinski definition) is 5. The zero-order valence-corrected chi connectivity index (χ0v) is 15.9. The summed E-state index contributed by atoms with van der Waals surface area (Å²) >= 11 is 1.43. The summed E-state index contributed by atoms with van der Waals surface area (Å²) in [5.74, 6) is -0.228. The highest BCUT2D eigenvalue weighted by atomic mass is 32.2. The van der Waals surface area contributed by atoms with Crippen molar-refractivity contribution in [2.75, 3.05) is 13.4 Å². The third-order valence-electron chi connectivity index (χ3n) is 3.98. The maximum absolute atomic E-state index is 12.5. The number of hydroxylamine groups is 1. The number of aryl methyl sites for hydroxylation is 2. The minimum atomic E-state index is -0.700. The van der Waals surface area contributed by atoms with Gasteiger partial charge in [-0.25, -0.2) is 10.3 Å². The lowest BCUT2D eigenvalue weighted by atomic mass is 10.1. The Hall–Kier alpha value is -1.31. The first-order valence-electron chi connectivity index (χ1n) is 8.07. The molecule has 0 radical (unpaired) electrons. The predicted molar refractivity (Wildman–Crippen MR) is 96.9 cm³/mol. The number of carbonyl (C=O) groups excluding carboxylic acids is 1. The van der Waals surface area contributed by atoms with Crippen LogP contribution in [-0.2, 0) is 20.9 Å². The number of hydrogen-bond donors (Lipinski definition) is 1. The van der Waals surface area contributed by atoms with Crippen LogP contribution < -0.4 is 11.0 Å². The van der Waals surface area contributed by atoms with E-state index < -0.39 is 11.0 Å². The number of thioether (sulfide) groups is 1. The lowest BCUT2D eigenvalue weighted by molar-refractivity contribution is -0.181. The van der Waals surface area contributed by atoms with Crippen molar-refractivity contribution in [3.05, 3.63) is 34.2 Å². The molecule has 0 aliphatic rings. The van der Waals surface area contributed by atoms with E-state index in [9.17, 15) is 9.59 Å². The molecule has 0 bridgehead atoms. The molecular weight excluding hydrogens is 328 g/mol. The molecule has 2 unspecified atom stereocenters. The van der Waals surface area contributed by atoms with E-state index in [1.165, 1.54) is 11.8 Å². The number of pyridine rings is 1. The third kappa shape index (κ3) is 5.96. The summed E-state index contributed by atoms with van der Waals surface area (Å²) < 4.78 is 6.07. The third-order valence-corrected chi connectivity index (χ3v) is 5.27. The van der Waals surface area contributed by atoms with Crippen molar-refractivity contribution in [3.63, 3.8) is 0 Å². The van der Waals surface area contributed by atoms with Crippen molar-refractivity contribution in [3.8, 4) is 0 Å². The molecule has 2 atom stereocenters. The Morgan fingerprint density at radius 3 is 2.75 bits per heavy atom. The van der Waals surface area contributed by atoms with Gasteiger partial charge in [0.1, 0.15) is 0 Å². The molecule has 1 rings (SSSR count). The first kappa shape index (κ1) is 20.7. The van der Waals surface area contributed by atoms with E-state index in [1.54, 1.807) is 23.9 Å². The fraction of sp³-hybridized carbons (Fsp3) is 0.647. The Kier molecular flexibility index (Phi) is 8.52. The molecule has 0 saturated carbocycles. The number of aromatic nitrogens is 1. The molecular formula is C17H28N2O4S. The molecule has 0 aliphatic carbocycles. The Morgan fingerprint density at radius 1 is 1.50 bits per heavy atom. The summed E-state index contributed by atoms with van der Waals surface area (Å²) in [6.07, 6.45) is 5.28. The quantitative estimate of drug-likeness (QED) is 0.515. The van der Waals surface area contributed by atoms with Crippen LogP contribution in [0.25, 0.3) is 0 Å². The molecule has 1 aromatic rings. The molecule has 1 amide bonds. The molecule has 1 aromatic heterocycles. The lowest BCUT2D eigenvalue weighted by Gasteiger charge is -2.27. The molecule has 1 heterocycles. The lowest BCUT2D eigenvalue weighted by Crippen LogP contribution is -2.44. The van der Waals surface area contributed by atoms with Gasteiger partial charge in [-0.15, -0.1) is 11.8 Å². The van der Waals surface area contributed by atoms with E-state index in [1.807, 2.05) is 33.1 Å². The highest BCUT2D eigenvalue weighted by Gasteiger charge is 2.33. The smallest absolute Gasteiger partial charge is 0.259 e. The standard InChI is InChI=1S/C17H28N2O4S/c1-6-7-15(22-4)23-18-16(21)17(3,24-5)9-11-19-10-8-13(2)12-14(19)20/h8,10,12,15H,6-7,9,11H2,1-5H3,(H,18,21). The van der Waals surface area contributed by atoms with Gasteiger partial charge in [-0.1, -0.05) is 13.3 Å². The van der Waals surface area contributed by atoms with Crippen LogP contribution in [0.15, 0.2) is 23.1 Å². The van der Waals surface area contributed by atoms with Gasteiger partial charge < -0.3 is 9.30 Å². The maximum atomic E-state index is 12.5. The van der Waals surface area contributed by atoms with Crippen LogP contribution in [0.1, 0.15) is 38.7 Å². The van der Waals surface area contributed by atoms with Gasteiger partial charge in [0.25, 0.3) is 11.5 Å². The summed E-state index contributed by atoms with van der Waals surface area (Å²) in [4.78, 5) is 29.8. The average Bonchev–Trinajstić information content (AvgIpc) is 2.57. The van der Waals surface area contributed by atoms with Crippen LogP contribution in [-0.4, -0.2) is 34.9 Å². The molecule has 0 aliphatic heterocycles. The summed E-state index contributed by atoms with van der Waals surface area (Å²) in [5.41, 5.74) is 3.37. The van der Waals surface area contributed by atoms with Crippen LogP contribution in [0.5, 0.6) is 0 Å². The molecule has 0 saturated heterocycles. The normalized spacial score (nSPS) is 14.9. The van der Waals surface area contributed by atoms with Crippen LogP contribution in [0, 0.1) is 6.92 Å². The molecule has 0 spiro atoms. The van der Waals surface area contributed by atoms with Crippen LogP contribution in [0.2, 0.25) is 0 Å². The second-order valence-electron chi connectivity index (χ2n) is 5.92.